The van der Waals surface area contributed by atoms with Gasteiger partial charge < -0.3 is 19.5 Å². The molecule has 1 aliphatic rings. The lowest BCUT2D eigenvalue weighted by molar-refractivity contribution is -0.928. The van der Waals surface area contributed by atoms with Crippen molar-refractivity contribution in [2.75, 3.05) is 26.2 Å². The van der Waals surface area contributed by atoms with E-state index in [1.54, 1.807) is 31.7 Å². The first kappa shape index (κ1) is 18.2. The average Bonchev–Trinajstić information content (AvgIpc) is 2.48. The Kier molecular flexibility index (Phi) is 5.43. The zero-order valence-corrected chi connectivity index (χ0v) is 14.2. The number of benzene rings is 1. The van der Waals surface area contributed by atoms with Crippen LogP contribution in [0, 0.1) is 5.82 Å². The van der Waals surface area contributed by atoms with E-state index < -0.39 is 29.5 Å². The van der Waals surface area contributed by atoms with Gasteiger partial charge in [0.05, 0.1) is 31.7 Å². The molecule has 1 aliphatic heterocycles. The van der Waals surface area contributed by atoms with Gasteiger partial charge in [-0.05, 0) is 32.9 Å². The summed E-state index contributed by atoms with van der Waals surface area (Å²) in [7, 11) is 0. The van der Waals surface area contributed by atoms with Gasteiger partial charge in [0, 0.05) is 0 Å². The van der Waals surface area contributed by atoms with Crippen LogP contribution < -0.4 is 10.0 Å². The van der Waals surface area contributed by atoms with Gasteiger partial charge in [0.25, 0.3) is 0 Å². The summed E-state index contributed by atoms with van der Waals surface area (Å²) in [6, 6.07) is 4.73. The highest BCUT2D eigenvalue weighted by atomic mass is 19.1. The minimum absolute atomic E-state index is 0.109. The number of carboxylic acids is 1. The van der Waals surface area contributed by atoms with E-state index in [1.165, 1.54) is 18.2 Å². The highest BCUT2D eigenvalue weighted by Crippen LogP contribution is 2.15. The number of carbonyl (C=O) groups is 2. The Bertz CT molecular complexity index is 607. The molecule has 1 aromatic rings. The number of carboxylic acid groups (broad SMARTS) is 1. The molecule has 1 heterocycles. The number of rotatable bonds is 3. The summed E-state index contributed by atoms with van der Waals surface area (Å²) in [4.78, 5) is 25.8. The number of nitrogens with one attached hydrogen (secondary N) is 1. The molecule has 0 spiro atoms. The lowest BCUT2D eigenvalue weighted by atomic mass is 10.0. The van der Waals surface area contributed by atoms with E-state index in [9.17, 15) is 19.1 Å². The van der Waals surface area contributed by atoms with Crippen molar-refractivity contribution in [3.05, 3.63) is 35.6 Å². The maximum Gasteiger partial charge on any atom is 0.410 e. The highest BCUT2D eigenvalue weighted by Gasteiger charge is 2.34. The Labute approximate surface area is 140 Å². The molecule has 7 heteroatoms. The molecule has 0 saturated carbocycles. The van der Waals surface area contributed by atoms with E-state index in [0.717, 1.165) is 0 Å². The molecule has 0 aliphatic carbocycles. The average molecular weight is 338 g/mol. The summed E-state index contributed by atoms with van der Waals surface area (Å²) < 4.78 is 19.3. The minimum atomic E-state index is -1.32. The quantitative estimate of drug-likeness (QED) is 0.825. The van der Waals surface area contributed by atoms with Crippen molar-refractivity contribution in [3.8, 4) is 0 Å². The van der Waals surface area contributed by atoms with Gasteiger partial charge in [0.15, 0.2) is 6.04 Å². The topological polar surface area (TPSA) is 74.1 Å². The number of carbonyl (C=O) groups excluding carboxylic acids is 2. The Morgan fingerprint density at radius 2 is 1.83 bits per heavy atom. The Morgan fingerprint density at radius 3 is 2.33 bits per heavy atom. The fourth-order valence-electron chi connectivity index (χ4n) is 2.81. The molecule has 1 N–H and O–H groups in total. The largest absolute Gasteiger partial charge is 0.544 e. The van der Waals surface area contributed by atoms with Crippen molar-refractivity contribution in [2.45, 2.75) is 32.4 Å². The molecule has 1 aromatic carbocycles. The van der Waals surface area contributed by atoms with Crippen LogP contribution in [0.25, 0.3) is 0 Å². The second-order valence-electron chi connectivity index (χ2n) is 6.90. The summed E-state index contributed by atoms with van der Waals surface area (Å²) in [6.07, 6.45) is -0.419. The zero-order chi connectivity index (χ0) is 17.9. The van der Waals surface area contributed by atoms with Crippen LogP contribution in [-0.4, -0.2) is 48.7 Å². The summed E-state index contributed by atoms with van der Waals surface area (Å²) in [5, 5.41) is 11.6. The van der Waals surface area contributed by atoms with Crippen molar-refractivity contribution in [1.29, 1.82) is 0 Å². The molecular weight excluding hydrogens is 315 g/mol. The molecule has 1 atom stereocenters. The molecule has 6 nitrogen and oxygen atoms in total. The van der Waals surface area contributed by atoms with Gasteiger partial charge in [-0.1, -0.05) is 12.1 Å². The molecule has 2 rings (SSSR count). The van der Waals surface area contributed by atoms with Gasteiger partial charge in [0.1, 0.15) is 17.4 Å². The van der Waals surface area contributed by atoms with Crippen LogP contribution in [0.15, 0.2) is 24.3 Å². The third-order valence-corrected chi connectivity index (χ3v) is 3.92. The molecule has 0 unspecified atom stereocenters. The van der Waals surface area contributed by atoms with Gasteiger partial charge in [-0.2, -0.15) is 0 Å². The maximum absolute atomic E-state index is 14.0. The number of hydrogen-bond donors (Lipinski definition) is 1. The van der Waals surface area contributed by atoms with Crippen molar-refractivity contribution in [2.24, 2.45) is 0 Å². The van der Waals surface area contributed by atoms with Gasteiger partial charge in [0.2, 0.25) is 0 Å². The van der Waals surface area contributed by atoms with Crippen LogP contribution in [0.1, 0.15) is 32.4 Å². The SMILES string of the molecule is CC(C)(C)OC(=O)N1CC[NH+]([C@@H](C(=O)[O-])c2ccccc2F)CC1. The number of amides is 1. The van der Waals surface area contributed by atoms with Crippen molar-refractivity contribution in [3.63, 3.8) is 0 Å². The monoisotopic (exact) mass is 338 g/mol. The van der Waals surface area contributed by atoms with Crippen LogP contribution >= 0.6 is 0 Å². The Hall–Kier alpha value is -2.15. The van der Waals surface area contributed by atoms with Crippen LogP contribution in [0.4, 0.5) is 9.18 Å². The second-order valence-corrected chi connectivity index (χ2v) is 6.90. The summed E-state index contributed by atoms with van der Waals surface area (Å²) in [6.45, 7) is 6.83. The molecule has 1 saturated heterocycles. The normalized spacial score (nSPS) is 17.4. The van der Waals surface area contributed by atoms with Crippen LogP contribution in [0.5, 0.6) is 0 Å². The first-order valence-corrected chi connectivity index (χ1v) is 7.97. The third kappa shape index (κ3) is 4.44. The summed E-state index contributed by atoms with van der Waals surface area (Å²) in [5.41, 5.74) is -0.472. The molecule has 0 bridgehead atoms. The number of aliphatic carboxylic acids is 1. The van der Waals surface area contributed by atoms with Crippen molar-refractivity contribution < 1.29 is 28.7 Å². The molecule has 132 valence electrons. The van der Waals surface area contributed by atoms with E-state index in [1.807, 2.05) is 0 Å². The minimum Gasteiger partial charge on any atom is -0.544 e. The third-order valence-electron chi connectivity index (χ3n) is 3.92. The number of quaternary nitrogens is 1. The van der Waals surface area contributed by atoms with Gasteiger partial charge >= 0.3 is 6.09 Å². The number of hydrogen-bond acceptors (Lipinski definition) is 4. The number of halogens is 1. The van der Waals surface area contributed by atoms with Gasteiger partial charge in [-0.3, -0.25) is 4.90 Å². The van der Waals surface area contributed by atoms with Crippen LogP contribution in [0.2, 0.25) is 0 Å². The lowest BCUT2D eigenvalue weighted by Gasteiger charge is -2.37. The maximum atomic E-state index is 14.0. The fraction of sp³-hybridized carbons (Fsp3) is 0.529. The number of ether oxygens (including phenoxy) is 1. The van der Waals surface area contributed by atoms with E-state index in [-0.39, 0.29) is 5.56 Å². The predicted octanol–water partition coefficient (Wildman–Crippen LogP) is -0.248. The Balaban J connectivity index is 2.05. The zero-order valence-electron chi connectivity index (χ0n) is 14.2. The smallest absolute Gasteiger partial charge is 0.410 e. The molecule has 1 fully saturated rings. The molecule has 1 amide bonds. The summed E-state index contributed by atoms with van der Waals surface area (Å²) in [5.74, 6) is -1.88. The fourth-order valence-corrected chi connectivity index (χ4v) is 2.81. The second kappa shape index (κ2) is 7.17. The molecule has 0 radical (unpaired) electrons. The lowest BCUT2D eigenvalue weighted by Crippen LogP contribution is -3.16. The first-order chi connectivity index (χ1) is 11.2. The first-order valence-electron chi connectivity index (χ1n) is 7.97. The molecule has 0 aromatic heterocycles. The predicted molar refractivity (Wildman–Crippen MR) is 82.7 cm³/mol. The molecule has 24 heavy (non-hydrogen) atoms. The van der Waals surface area contributed by atoms with E-state index in [0.29, 0.717) is 31.1 Å². The van der Waals surface area contributed by atoms with Gasteiger partial charge in [-0.15, -0.1) is 0 Å². The van der Waals surface area contributed by atoms with Crippen molar-refractivity contribution >= 4 is 12.1 Å². The number of piperazine rings is 1. The Morgan fingerprint density at radius 1 is 1.25 bits per heavy atom. The van der Waals surface area contributed by atoms with Crippen LogP contribution in [-0.2, 0) is 9.53 Å². The summed E-state index contributed by atoms with van der Waals surface area (Å²) >= 11 is 0. The van der Waals surface area contributed by atoms with E-state index in [2.05, 4.69) is 0 Å². The van der Waals surface area contributed by atoms with Crippen molar-refractivity contribution in [1.82, 2.24) is 4.90 Å². The van der Waals surface area contributed by atoms with Gasteiger partial charge in [-0.25, -0.2) is 9.18 Å². The number of nitrogens with zero attached hydrogens (tertiary/aromatic N) is 1. The van der Waals surface area contributed by atoms with E-state index in [4.69, 9.17) is 4.74 Å². The molecular formula is C17H23FN2O4. The van der Waals surface area contributed by atoms with Crippen LogP contribution in [0.3, 0.4) is 0 Å². The van der Waals surface area contributed by atoms with E-state index >= 15 is 0 Å². The standard InChI is InChI=1S/C17H23FN2O4/c1-17(2,3)24-16(23)20-10-8-19(9-11-20)14(15(21)22)12-6-4-5-7-13(12)18/h4-7,14H,8-11H2,1-3H3,(H,21,22)/t14-/m1/s1. The highest BCUT2D eigenvalue weighted by molar-refractivity contribution is 5.72.